The van der Waals surface area contributed by atoms with E-state index < -0.39 is 0 Å². The summed E-state index contributed by atoms with van der Waals surface area (Å²) in [5, 5.41) is 0. The summed E-state index contributed by atoms with van der Waals surface area (Å²) in [5.74, 6) is 1.04. The Kier molecular flexibility index (Phi) is 6.55. The highest BCUT2D eigenvalue weighted by Crippen LogP contribution is 2.14. The molecule has 1 aromatic rings. The fourth-order valence-corrected chi connectivity index (χ4v) is 2.39. The van der Waals surface area contributed by atoms with E-state index in [0.717, 1.165) is 38.4 Å². The van der Waals surface area contributed by atoms with Crippen molar-refractivity contribution in [3.8, 4) is 0 Å². The maximum absolute atomic E-state index is 6.00. The van der Waals surface area contributed by atoms with Crippen molar-refractivity contribution in [2.75, 3.05) is 31.6 Å². The van der Waals surface area contributed by atoms with Crippen LogP contribution in [0, 0.1) is 0 Å². The Hall–Kier alpha value is -0.840. The van der Waals surface area contributed by atoms with Crippen LogP contribution >= 0.6 is 12.4 Å². The Morgan fingerprint density at radius 3 is 2.84 bits per heavy atom. The smallest absolute Gasteiger partial charge is 0.128 e. The van der Waals surface area contributed by atoms with Crippen molar-refractivity contribution in [2.45, 2.75) is 32.4 Å². The standard InChI is InChI=1S/C14H24N4.ClH/c1-3-17(2)14-7-6-12(9-16-14)10-18-8-4-5-13(15)11-18;/h6-7,9,13H,3-5,8,10-11,15H2,1-2H3;1H/t13-;/m1./s1. The van der Waals surface area contributed by atoms with E-state index in [0.29, 0.717) is 6.04 Å². The first kappa shape index (κ1) is 16.2. The molecule has 2 heterocycles. The molecule has 5 heteroatoms. The lowest BCUT2D eigenvalue weighted by atomic mass is 10.1. The quantitative estimate of drug-likeness (QED) is 0.917. The van der Waals surface area contributed by atoms with Gasteiger partial charge in [-0.25, -0.2) is 4.98 Å². The van der Waals surface area contributed by atoms with Crippen LogP contribution in [-0.2, 0) is 6.54 Å². The molecule has 108 valence electrons. The van der Waals surface area contributed by atoms with Gasteiger partial charge in [-0.15, -0.1) is 12.4 Å². The van der Waals surface area contributed by atoms with Gasteiger partial charge in [0.25, 0.3) is 0 Å². The van der Waals surface area contributed by atoms with Gasteiger partial charge in [-0.05, 0) is 37.9 Å². The average Bonchev–Trinajstić information content (AvgIpc) is 2.39. The molecule has 0 bridgehead atoms. The molecule has 0 spiro atoms. The first-order chi connectivity index (χ1) is 8.69. The summed E-state index contributed by atoms with van der Waals surface area (Å²) in [4.78, 5) is 9.07. The third-order valence-electron chi connectivity index (χ3n) is 3.62. The zero-order valence-electron chi connectivity index (χ0n) is 11.9. The summed E-state index contributed by atoms with van der Waals surface area (Å²) in [5.41, 5.74) is 7.27. The topological polar surface area (TPSA) is 45.4 Å². The van der Waals surface area contributed by atoms with Gasteiger partial charge in [0.1, 0.15) is 5.82 Å². The molecule has 1 aliphatic rings. The number of piperidine rings is 1. The summed E-state index contributed by atoms with van der Waals surface area (Å²) in [7, 11) is 2.06. The van der Waals surface area contributed by atoms with Crippen molar-refractivity contribution in [3.05, 3.63) is 23.9 Å². The molecule has 1 aromatic heterocycles. The summed E-state index contributed by atoms with van der Waals surface area (Å²) in [6, 6.07) is 4.62. The van der Waals surface area contributed by atoms with Gasteiger partial charge in [0.15, 0.2) is 0 Å². The van der Waals surface area contributed by atoms with Crippen molar-refractivity contribution in [2.24, 2.45) is 5.73 Å². The monoisotopic (exact) mass is 284 g/mol. The lowest BCUT2D eigenvalue weighted by molar-refractivity contribution is 0.201. The fraction of sp³-hybridized carbons (Fsp3) is 0.643. The number of nitrogens with two attached hydrogens (primary N) is 1. The number of pyridine rings is 1. The zero-order valence-corrected chi connectivity index (χ0v) is 12.7. The number of nitrogens with zero attached hydrogens (tertiary/aromatic N) is 3. The molecule has 0 unspecified atom stereocenters. The summed E-state index contributed by atoms with van der Waals surface area (Å²) in [6.45, 7) is 6.25. The Morgan fingerprint density at radius 2 is 2.26 bits per heavy atom. The molecule has 0 aliphatic carbocycles. The van der Waals surface area contributed by atoms with Crippen molar-refractivity contribution in [1.29, 1.82) is 0 Å². The molecule has 1 saturated heterocycles. The van der Waals surface area contributed by atoms with Crippen LogP contribution in [0.25, 0.3) is 0 Å². The van der Waals surface area contributed by atoms with Gasteiger partial charge in [-0.1, -0.05) is 6.07 Å². The molecule has 1 aliphatic heterocycles. The second-order valence-electron chi connectivity index (χ2n) is 5.18. The Morgan fingerprint density at radius 1 is 1.47 bits per heavy atom. The van der Waals surface area contributed by atoms with Crippen LogP contribution in [0.4, 0.5) is 5.82 Å². The van der Waals surface area contributed by atoms with Crippen LogP contribution in [0.3, 0.4) is 0 Å². The fourth-order valence-electron chi connectivity index (χ4n) is 2.39. The highest BCUT2D eigenvalue weighted by Gasteiger charge is 2.16. The molecule has 2 N–H and O–H groups in total. The molecule has 0 radical (unpaired) electrons. The lowest BCUT2D eigenvalue weighted by Crippen LogP contribution is -2.42. The number of halogens is 1. The van der Waals surface area contributed by atoms with E-state index in [2.05, 4.69) is 40.9 Å². The molecular formula is C14H25ClN4. The van der Waals surface area contributed by atoms with Crippen LogP contribution in [0.1, 0.15) is 25.3 Å². The van der Waals surface area contributed by atoms with E-state index in [9.17, 15) is 0 Å². The first-order valence-corrected chi connectivity index (χ1v) is 6.83. The number of rotatable bonds is 4. The third kappa shape index (κ3) is 4.64. The lowest BCUT2D eigenvalue weighted by Gasteiger charge is -2.30. The van der Waals surface area contributed by atoms with Gasteiger partial charge >= 0.3 is 0 Å². The highest BCUT2D eigenvalue weighted by molar-refractivity contribution is 5.85. The minimum atomic E-state index is 0. The number of hydrogen-bond acceptors (Lipinski definition) is 4. The molecule has 4 nitrogen and oxygen atoms in total. The van der Waals surface area contributed by atoms with Crippen molar-refractivity contribution in [1.82, 2.24) is 9.88 Å². The van der Waals surface area contributed by atoms with E-state index in [1.165, 1.54) is 12.0 Å². The van der Waals surface area contributed by atoms with Crippen LogP contribution < -0.4 is 10.6 Å². The first-order valence-electron chi connectivity index (χ1n) is 6.83. The van der Waals surface area contributed by atoms with Gasteiger partial charge in [-0.3, -0.25) is 4.90 Å². The Bertz CT molecular complexity index is 368. The Labute approximate surface area is 122 Å². The van der Waals surface area contributed by atoms with Gasteiger partial charge < -0.3 is 10.6 Å². The molecule has 2 rings (SSSR count). The van der Waals surface area contributed by atoms with E-state index in [1.807, 2.05) is 6.20 Å². The van der Waals surface area contributed by atoms with Crippen molar-refractivity contribution < 1.29 is 0 Å². The molecule has 0 saturated carbocycles. The number of hydrogen-bond donors (Lipinski definition) is 1. The van der Waals surface area contributed by atoms with E-state index >= 15 is 0 Å². The summed E-state index contributed by atoms with van der Waals surface area (Å²) >= 11 is 0. The van der Waals surface area contributed by atoms with Gasteiger partial charge in [0.05, 0.1) is 0 Å². The predicted octanol–water partition coefficient (Wildman–Crippen LogP) is 1.88. The molecular weight excluding hydrogens is 260 g/mol. The highest BCUT2D eigenvalue weighted by atomic mass is 35.5. The van der Waals surface area contributed by atoms with Gasteiger partial charge in [0, 0.05) is 38.9 Å². The molecule has 0 amide bonds. The van der Waals surface area contributed by atoms with Crippen LogP contribution in [0.15, 0.2) is 18.3 Å². The molecule has 0 aromatic carbocycles. The largest absolute Gasteiger partial charge is 0.360 e. The van der Waals surface area contributed by atoms with Gasteiger partial charge in [-0.2, -0.15) is 0 Å². The number of likely N-dealkylation sites (tertiary alicyclic amines) is 1. The van der Waals surface area contributed by atoms with Crippen molar-refractivity contribution in [3.63, 3.8) is 0 Å². The Balaban J connectivity index is 0.00000180. The second kappa shape index (κ2) is 7.68. The minimum absolute atomic E-state index is 0. The maximum Gasteiger partial charge on any atom is 0.128 e. The summed E-state index contributed by atoms with van der Waals surface area (Å²) in [6.07, 6.45) is 4.36. The van der Waals surface area contributed by atoms with Crippen molar-refractivity contribution >= 4 is 18.2 Å². The van der Waals surface area contributed by atoms with E-state index in [4.69, 9.17) is 5.73 Å². The van der Waals surface area contributed by atoms with Crippen LogP contribution in [-0.4, -0.2) is 42.6 Å². The number of anilines is 1. The molecule has 1 atom stereocenters. The maximum atomic E-state index is 6.00. The SMILES string of the molecule is CCN(C)c1ccc(CN2CCC[C@@H](N)C2)cn1.Cl. The zero-order chi connectivity index (χ0) is 13.0. The normalized spacial score (nSPS) is 19.8. The number of aromatic nitrogens is 1. The third-order valence-corrected chi connectivity index (χ3v) is 3.62. The van der Waals surface area contributed by atoms with E-state index in [1.54, 1.807) is 0 Å². The van der Waals surface area contributed by atoms with Crippen LogP contribution in [0.5, 0.6) is 0 Å². The molecule has 19 heavy (non-hydrogen) atoms. The average molecular weight is 285 g/mol. The molecule has 1 fully saturated rings. The predicted molar refractivity (Wildman–Crippen MR) is 82.9 cm³/mol. The van der Waals surface area contributed by atoms with Gasteiger partial charge in [0.2, 0.25) is 0 Å². The minimum Gasteiger partial charge on any atom is -0.360 e. The van der Waals surface area contributed by atoms with Crippen LogP contribution in [0.2, 0.25) is 0 Å². The second-order valence-corrected chi connectivity index (χ2v) is 5.18. The summed E-state index contributed by atoms with van der Waals surface area (Å²) < 4.78 is 0. The van der Waals surface area contributed by atoms with E-state index in [-0.39, 0.29) is 12.4 Å².